The van der Waals surface area contributed by atoms with Crippen LogP contribution < -0.4 is 9.47 Å². The zero-order valence-corrected chi connectivity index (χ0v) is 14.0. The molecule has 0 atom stereocenters. The highest BCUT2D eigenvalue weighted by molar-refractivity contribution is 9.08. The minimum atomic E-state index is -0.716. The standard InChI is InChI=1S/C15H19BrO4/c1-14(2,3)20-13(17)9-6-7-11-12(10(9)8-16)19-15(4,5)18-11/h6-7H,8H2,1-5H3. The van der Waals surface area contributed by atoms with Crippen LogP contribution in [-0.4, -0.2) is 17.4 Å². The summed E-state index contributed by atoms with van der Waals surface area (Å²) in [5.41, 5.74) is 0.718. The Morgan fingerprint density at radius 2 is 1.95 bits per heavy atom. The van der Waals surface area contributed by atoms with Crippen LogP contribution in [0, 0.1) is 0 Å². The van der Waals surface area contributed by atoms with Crippen molar-refractivity contribution in [1.29, 1.82) is 0 Å². The van der Waals surface area contributed by atoms with Crippen molar-refractivity contribution in [3.8, 4) is 11.5 Å². The summed E-state index contributed by atoms with van der Waals surface area (Å²) in [4.78, 5) is 12.3. The summed E-state index contributed by atoms with van der Waals surface area (Å²) in [5.74, 6) is 0.182. The summed E-state index contributed by atoms with van der Waals surface area (Å²) >= 11 is 3.40. The fourth-order valence-electron chi connectivity index (χ4n) is 1.99. The van der Waals surface area contributed by atoms with E-state index in [2.05, 4.69) is 15.9 Å². The van der Waals surface area contributed by atoms with Crippen LogP contribution in [0.4, 0.5) is 0 Å². The van der Waals surface area contributed by atoms with Crippen molar-refractivity contribution < 1.29 is 19.0 Å². The Hall–Kier alpha value is -1.23. The average Bonchev–Trinajstić information content (AvgIpc) is 2.58. The molecule has 0 saturated heterocycles. The molecule has 0 amide bonds. The van der Waals surface area contributed by atoms with Gasteiger partial charge in [0.25, 0.3) is 0 Å². The number of rotatable bonds is 2. The van der Waals surface area contributed by atoms with Gasteiger partial charge in [0.1, 0.15) is 5.60 Å². The molecule has 0 saturated carbocycles. The minimum absolute atomic E-state index is 0.358. The Labute approximate surface area is 127 Å². The maximum Gasteiger partial charge on any atom is 0.339 e. The van der Waals surface area contributed by atoms with Crippen LogP contribution in [0.5, 0.6) is 11.5 Å². The van der Waals surface area contributed by atoms with Crippen LogP contribution in [0.3, 0.4) is 0 Å². The number of halogens is 1. The van der Waals surface area contributed by atoms with E-state index in [9.17, 15) is 4.79 Å². The van der Waals surface area contributed by atoms with Crippen molar-refractivity contribution in [2.75, 3.05) is 0 Å². The molecular formula is C15H19BrO4. The van der Waals surface area contributed by atoms with Crippen molar-refractivity contribution >= 4 is 21.9 Å². The number of hydrogen-bond acceptors (Lipinski definition) is 4. The maximum absolute atomic E-state index is 12.3. The summed E-state index contributed by atoms with van der Waals surface area (Å²) in [5, 5.41) is 0.490. The third kappa shape index (κ3) is 3.08. The number of carbonyl (C=O) groups is 1. The fourth-order valence-corrected chi connectivity index (χ4v) is 2.54. The van der Waals surface area contributed by atoms with E-state index < -0.39 is 11.4 Å². The summed E-state index contributed by atoms with van der Waals surface area (Å²) in [7, 11) is 0. The zero-order valence-electron chi connectivity index (χ0n) is 12.4. The molecular weight excluding hydrogens is 324 g/mol. The fraction of sp³-hybridized carbons (Fsp3) is 0.533. The molecule has 0 fully saturated rings. The summed E-state index contributed by atoms with van der Waals surface area (Å²) in [6.45, 7) is 9.19. The van der Waals surface area contributed by atoms with E-state index in [-0.39, 0.29) is 5.97 Å². The molecule has 0 aliphatic carbocycles. The Bertz CT molecular complexity index is 544. The molecule has 0 aromatic heterocycles. The van der Waals surface area contributed by atoms with Gasteiger partial charge in [-0.3, -0.25) is 0 Å². The third-order valence-corrected chi connectivity index (χ3v) is 3.24. The molecule has 20 heavy (non-hydrogen) atoms. The van der Waals surface area contributed by atoms with E-state index in [1.165, 1.54) is 0 Å². The molecule has 0 unspecified atom stereocenters. The molecule has 4 nitrogen and oxygen atoms in total. The molecule has 1 aromatic carbocycles. The van der Waals surface area contributed by atoms with Gasteiger partial charge in [0.05, 0.1) is 5.56 Å². The lowest BCUT2D eigenvalue weighted by Crippen LogP contribution is -2.30. The van der Waals surface area contributed by atoms with Gasteiger partial charge in [-0.25, -0.2) is 4.79 Å². The Balaban J connectivity index is 2.40. The highest BCUT2D eigenvalue weighted by Gasteiger charge is 2.35. The molecule has 0 N–H and O–H groups in total. The molecule has 0 spiro atoms. The van der Waals surface area contributed by atoms with E-state index >= 15 is 0 Å². The predicted molar refractivity (Wildman–Crippen MR) is 79.6 cm³/mol. The lowest BCUT2D eigenvalue weighted by atomic mass is 10.1. The highest BCUT2D eigenvalue weighted by Crippen LogP contribution is 2.44. The quantitative estimate of drug-likeness (QED) is 0.600. The number of carbonyl (C=O) groups excluding carboxylic acids is 1. The number of alkyl halides is 1. The SMILES string of the molecule is CC(C)(C)OC(=O)c1ccc2c(c1CBr)OC(C)(C)O2. The van der Waals surface area contributed by atoms with Gasteiger partial charge in [0.2, 0.25) is 5.79 Å². The second-order valence-corrected chi connectivity index (χ2v) is 6.72. The topological polar surface area (TPSA) is 44.8 Å². The van der Waals surface area contributed by atoms with Crippen molar-refractivity contribution in [2.24, 2.45) is 0 Å². The number of benzene rings is 1. The first-order chi connectivity index (χ1) is 9.13. The second-order valence-electron chi connectivity index (χ2n) is 6.16. The Morgan fingerprint density at radius 1 is 1.30 bits per heavy atom. The highest BCUT2D eigenvalue weighted by atomic mass is 79.9. The van der Waals surface area contributed by atoms with Gasteiger partial charge in [0, 0.05) is 24.7 Å². The first-order valence-electron chi connectivity index (χ1n) is 6.46. The van der Waals surface area contributed by atoms with Gasteiger partial charge in [-0.2, -0.15) is 0 Å². The van der Waals surface area contributed by atoms with Crippen LogP contribution in [0.15, 0.2) is 12.1 Å². The summed E-state index contributed by atoms with van der Waals surface area (Å²) < 4.78 is 16.9. The average molecular weight is 343 g/mol. The minimum Gasteiger partial charge on any atom is -0.456 e. The van der Waals surface area contributed by atoms with Crippen LogP contribution in [-0.2, 0) is 10.1 Å². The van der Waals surface area contributed by atoms with E-state index in [1.54, 1.807) is 12.1 Å². The molecule has 1 aliphatic rings. The lowest BCUT2D eigenvalue weighted by molar-refractivity contribution is -0.0435. The summed E-state index contributed by atoms with van der Waals surface area (Å²) in [6, 6.07) is 3.46. The van der Waals surface area contributed by atoms with Crippen LogP contribution in [0.2, 0.25) is 0 Å². The largest absolute Gasteiger partial charge is 0.456 e. The predicted octanol–water partition coefficient (Wildman–Crippen LogP) is 4.04. The van der Waals surface area contributed by atoms with Gasteiger partial charge in [-0.15, -0.1) is 0 Å². The van der Waals surface area contributed by atoms with Gasteiger partial charge < -0.3 is 14.2 Å². The number of hydrogen-bond donors (Lipinski definition) is 0. The monoisotopic (exact) mass is 342 g/mol. The first kappa shape index (κ1) is 15.2. The van der Waals surface area contributed by atoms with Crippen LogP contribution >= 0.6 is 15.9 Å². The first-order valence-corrected chi connectivity index (χ1v) is 7.58. The molecule has 0 radical (unpaired) electrons. The molecule has 110 valence electrons. The smallest absolute Gasteiger partial charge is 0.339 e. The van der Waals surface area contributed by atoms with E-state index in [1.807, 2.05) is 34.6 Å². The van der Waals surface area contributed by atoms with Crippen molar-refractivity contribution in [2.45, 2.75) is 51.3 Å². The number of ether oxygens (including phenoxy) is 3. The normalized spacial score (nSPS) is 16.1. The number of esters is 1. The Kier molecular flexibility index (Phi) is 3.75. The van der Waals surface area contributed by atoms with Crippen molar-refractivity contribution in [3.63, 3.8) is 0 Å². The maximum atomic E-state index is 12.3. The molecule has 5 heteroatoms. The van der Waals surface area contributed by atoms with Crippen molar-refractivity contribution in [1.82, 2.24) is 0 Å². The van der Waals surface area contributed by atoms with Crippen LogP contribution in [0.1, 0.15) is 50.5 Å². The van der Waals surface area contributed by atoms with Gasteiger partial charge in [-0.1, -0.05) is 15.9 Å². The molecule has 1 aromatic rings. The Morgan fingerprint density at radius 3 is 2.50 bits per heavy atom. The van der Waals surface area contributed by atoms with Gasteiger partial charge in [-0.05, 0) is 32.9 Å². The molecule has 0 bridgehead atoms. The van der Waals surface area contributed by atoms with E-state index in [0.717, 1.165) is 5.56 Å². The molecule has 1 aliphatic heterocycles. The van der Waals surface area contributed by atoms with Gasteiger partial charge >= 0.3 is 5.97 Å². The zero-order chi connectivity index (χ0) is 15.1. The lowest BCUT2D eigenvalue weighted by Gasteiger charge is -2.20. The van der Waals surface area contributed by atoms with Crippen LogP contribution in [0.25, 0.3) is 0 Å². The van der Waals surface area contributed by atoms with E-state index in [4.69, 9.17) is 14.2 Å². The second kappa shape index (κ2) is 4.95. The molecule has 2 rings (SSSR count). The third-order valence-electron chi connectivity index (χ3n) is 2.68. The summed E-state index contributed by atoms with van der Waals surface area (Å²) in [6.07, 6.45) is 0. The van der Waals surface area contributed by atoms with Gasteiger partial charge in [0.15, 0.2) is 11.5 Å². The number of fused-ring (bicyclic) bond motifs is 1. The van der Waals surface area contributed by atoms with Crippen molar-refractivity contribution in [3.05, 3.63) is 23.3 Å². The molecule has 1 heterocycles. The van der Waals surface area contributed by atoms with E-state index in [0.29, 0.717) is 22.4 Å².